The van der Waals surface area contributed by atoms with E-state index in [0.717, 1.165) is 31.6 Å². The second-order valence-corrected chi connectivity index (χ2v) is 5.78. The Bertz CT molecular complexity index is 472. The van der Waals surface area contributed by atoms with Crippen LogP contribution < -0.4 is 10.1 Å². The maximum absolute atomic E-state index is 9.98. The van der Waals surface area contributed by atoms with E-state index in [4.69, 9.17) is 4.74 Å². The molecule has 0 saturated carbocycles. The summed E-state index contributed by atoms with van der Waals surface area (Å²) >= 11 is 0. The van der Waals surface area contributed by atoms with Crippen LogP contribution >= 0.6 is 0 Å². The summed E-state index contributed by atoms with van der Waals surface area (Å²) in [6.45, 7) is 7.23. The van der Waals surface area contributed by atoms with Crippen molar-refractivity contribution >= 4 is 0 Å². The lowest BCUT2D eigenvalue weighted by Crippen LogP contribution is -2.45. The van der Waals surface area contributed by atoms with E-state index in [1.165, 1.54) is 11.1 Å². The monoisotopic (exact) mass is 289 g/mol. The van der Waals surface area contributed by atoms with Crippen LogP contribution in [-0.2, 0) is 6.42 Å². The molecule has 1 aliphatic rings. The molecule has 1 aromatic carbocycles. The van der Waals surface area contributed by atoms with Gasteiger partial charge in [-0.15, -0.1) is 6.58 Å². The number of ether oxygens (including phenoxy) is 1. The summed E-state index contributed by atoms with van der Waals surface area (Å²) in [5.74, 6) is 1.37. The van der Waals surface area contributed by atoms with E-state index in [0.29, 0.717) is 12.0 Å². The Morgan fingerprint density at radius 2 is 2.29 bits per heavy atom. The second kappa shape index (κ2) is 7.62. The number of allylic oxidation sites excluding steroid dienone is 1. The quantitative estimate of drug-likeness (QED) is 0.758. The number of aliphatic hydroxyl groups is 1. The molecule has 2 rings (SSSR count). The van der Waals surface area contributed by atoms with Gasteiger partial charge in [-0.3, -0.25) is 0 Å². The van der Waals surface area contributed by atoms with Gasteiger partial charge >= 0.3 is 0 Å². The van der Waals surface area contributed by atoms with Crippen molar-refractivity contribution in [2.75, 3.05) is 20.3 Å². The molecule has 0 amide bonds. The molecule has 3 nitrogen and oxygen atoms in total. The van der Waals surface area contributed by atoms with Crippen LogP contribution in [0.5, 0.6) is 5.75 Å². The Labute approximate surface area is 128 Å². The number of rotatable bonds is 7. The van der Waals surface area contributed by atoms with Gasteiger partial charge in [-0.1, -0.05) is 25.1 Å². The van der Waals surface area contributed by atoms with Gasteiger partial charge in [-0.2, -0.15) is 0 Å². The second-order valence-electron chi connectivity index (χ2n) is 5.78. The summed E-state index contributed by atoms with van der Waals surface area (Å²) in [7, 11) is 1.70. The zero-order valence-electron chi connectivity index (χ0n) is 13.1. The molecule has 2 N–H and O–H groups in total. The number of methoxy groups -OCH3 is 1. The highest BCUT2D eigenvalue weighted by Gasteiger charge is 2.37. The van der Waals surface area contributed by atoms with E-state index in [2.05, 4.69) is 24.9 Å². The van der Waals surface area contributed by atoms with Crippen LogP contribution in [0, 0.1) is 5.92 Å². The fraction of sp³-hybridized carbons (Fsp3) is 0.556. The van der Waals surface area contributed by atoms with Crippen molar-refractivity contribution in [1.82, 2.24) is 5.32 Å². The van der Waals surface area contributed by atoms with Crippen molar-refractivity contribution < 1.29 is 9.84 Å². The molecule has 0 bridgehead atoms. The summed E-state index contributed by atoms with van der Waals surface area (Å²) < 4.78 is 5.53. The Kier molecular flexibility index (Phi) is 5.83. The zero-order valence-corrected chi connectivity index (χ0v) is 13.1. The first kappa shape index (κ1) is 16.1. The summed E-state index contributed by atoms with van der Waals surface area (Å²) in [6, 6.07) is 6.58. The van der Waals surface area contributed by atoms with E-state index in [1.54, 1.807) is 7.11 Å². The van der Waals surface area contributed by atoms with Crippen molar-refractivity contribution in [2.45, 2.75) is 38.1 Å². The Morgan fingerprint density at radius 3 is 2.90 bits per heavy atom. The molecule has 0 radical (unpaired) electrons. The lowest BCUT2D eigenvalue weighted by Gasteiger charge is -2.40. The predicted molar refractivity (Wildman–Crippen MR) is 86.9 cm³/mol. The SMILES string of the molecule is C=CCC1C(NCCC)Cc2cccc(OC)c2C1CO. The van der Waals surface area contributed by atoms with Crippen LogP contribution in [0.3, 0.4) is 0 Å². The smallest absolute Gasteiger partial charge is 0.122 e. The molecule has 0 fully saturated rings. The molecule has 1 aromatic rings. The first-order valence-corrected chi connectivity index (χ1v) is 7.87. The van der Waals surface area contributed by atoms with Crippen molar-refractivity contribution in [3.63, 3.8) is 0 Å². The van der Waals surface area contributed by atoms with Gasteiger partial charge in [0.25, 0.3) is 0 Å². The highest BCUT2D eigenvalue weighted by molar-refractivity contribution is 5.46. The Hall–Kier alpha value is -1.32. The number of nitrogens with one attached hydrogen (secondary N) is 1. The van der Waals surface area contributed by atoms with Crippen molar-refractivity contribution in [1.29, 1.82) is 0 Å². The van der Waals surface area contributed by atoms with Gasteiger partial charge in [0.05, 0.1) is 13.7 Å². The highest BCUT2D eigenvalue weighted by Crippen LogP contribution is 2.42. The van der Waals surface area contributed by atoms with Gasteiger partial charge in [-0.25, -0.2) is 0 Å². The summed E-state index contributed by atoms with van der Waals surface area (Å²) in [4.78, 5) is 0. The number of fused-ring (bicyclic) bond motifs is 1. The third kappa shape index (κ3) is 3.30. The van der Waals surface area contributed by atoms with E-state index in [9.17, 15) is 5.11 Å². The van der Waals surface area contributed by atoms with E-state index >= 15 is 0 Å². The molecule has 0 aliphatic heterocycles. The maximum atomic E-state index is 9.98. The van der Waals surface area contributed by atoms with Crippen LogP contribution in [0.1, 0.15) is 36.8 Å². The highest BCUT2D eigenvalue weighted by atomic mass is 16.5. The molecule has 3 unspecified atom stereocenters. The minimum atomic E-state index is 0.109. The lowest BCUT2D eigenvalue weighted by molar-refractivity contribution is 0.182. The van der Waals surface area contributed by atoms with Gasteiger partial charge in [0.15, 0.2) is 0 Å². The lowest BCUT2D eigenvalue weighted by atomic mass is 9.70. The molecular weight excluding hydrogens is 262 g/mol. The van der Waals surface area contributed by atoms with Gasteiger partial charge in [0.1, 0.15) is 5.75 Å². The minimum Gasteiger partial charge on any atom is -0.496 e. The maximum Gasteiger partial charge on any atom is 0.122 e. The van der Waals surface area contributed by atoms with Gasteiger partial charge in [0.2, 0.25) is 0 Å². The molecule has 0 heterocycles. The molecule has 0 aromatic heterocycles. The molecular formula is C18H27NO2. The molecule has 1 aliphatic carbocycles. The third-order valence-corrected chi connectivity index (χ3v) is 4.51. The fourth-order valence-corrected chi connectivity index (χ4v) is 3.55. The first-order valence-electron chi connectivity index (χ1n) is 7.87. The predicted octanol–water partition coefficient (Wildman–Crippen LogP) is 2.89. The zero-order chi connectivity index (χ0) is 15.2. The van der Waals surface area contributed by atoms with Crippen LogP contribution in [0.2, 0.25) is 0 Å². The molecule has 3 atom stereocenters. The number of benzene rings is 1. The average Bonchev–Trinajstić information content (AvgIpc) is 2.52. The minimum absolute atomic E-state index is 0.109. The van der Waals surface area contributed by atoms with Crippen LogP contribution in [0.4, 0.5) is 0 Å². The number of hydrogen-bond acceptors (Lipinski definition) is 3. The topological polar surface area (TPSA) is 41.5 Å². The summed E-state index contributed by atoms with van der Waals surface area (Å²) in [6.07, 6.45) is 4.98. The normalized spacial score (nSPS) is 24.4. The van der Waals surface area contributed by atoms with Gasteiger partial charge < -0.3 is 15.2 Å². The number of hydrogen-bond donors (Lipinski definition) is 2. The van der Waals surface area contributed by atoms with Gasteiger partial charge in [-0.05, 0) is 43.4 Å². The molecule has 0 saturated heterocycles. The van der Waals surface area contributed by atoms with Crippen LogP contribution in [0.25, 0.3) is 0 Å². The largest absolute Gasteiger partial charge is 0.496 e. The Morgan fingerprint density at radius 1 is 1.48 bits per heavy atom. The average molecular weight is 289 g/mol. The van der Waals surface area contributed by atoms with Crippen molar-refractivity contribution in [3.8, 4) is 5.75 Å². The molecule has 0 spiro atoms. The standard InChI is InChI=1S/C18H27NO2/c1-4-7-14-15(12-20)18-13(8-6-9-17(18)21-3)11-16(14)19-10-5-2/h4,6,8-9,14-16,19-20H,1,5,7,10-12H2,2-3H3. The van der Waals surface area contributed by atoms with Crippen molar-refractivity contribution in [3.05, 3.63) is 42.0 Å². The summed E-state index contributed by atoms with van der Waals surface area (Å²) in [5.41, 5.74) is 2.48. The van der Waals surface area contributed by atoms with Crippen LogP contribution in [-0.4, -0.2) is 31.4 Å². The Balaban J connectivity index is 2.39. The molecule has 116 valence electrons. The first-order chi connectivity index (χ1) is 10.3. The van der Waals surface area contributed by atoms with E-state index in [1.807, 2.05) is 18.2 Å². The molecule has 21 heavy (non-hydrogen) atoms. The van der Waals surface area contributed by atoms with Gasteiger partial charge in [0, 0.05) is 17.5 Å². The van der Waals surface area contributed by atoms with Crippen LogP contribution in [0.15, 0.2) is 30.9 Å². The third-order valence-electron chi connectivity index (χ3n) is 4.51. The molecule has 3 heteroatoms. The summed E-state index contributed by atoms with van der Waals surface area (Å²) in [5, 5.41) is 13.6. The van der Waals surface area contributed by atoms with Crippen molar-refractivity contribution in [2.24, 2.45) is 5.92 Å². The van der Waals surface area contributed by atoms with E-state index in [-0.39, 0.29) is 12.5 Å². The van der Waals surface area contributed by atoms with E-state index < -0.39 is 0 Å². The number of aliphatic hydroxyl groups excluding tert-OH is 1. The fourth-order valence-electron chi connectivity index (χ4n) is 3.55.